The van der Waals surface area contributed by atoms with Crippen LogP contribution in [0.4, 0.5) is 19.4 Å². The second-order valence-electron chi connectivity index (χ2n) is 9.76. The first-order valence-electron chi connectivity index (χ1n) is 13.1. The SMILES string of the molecule is COCCN1CCC(c2ccc(F)c(F)c2)C1.Cc1cncc(-c2nn(-c3ccccc3)c(NC(N)=O)c2C)c1. The highest BCUT2D eigenvalue weighted by atomic mass is 19.2. The second-order valence-corrected chi connectivity index (χ2v) is 9.76. The minimum absolute atomic E-state index is 0.307. The number of nitrogens with one attached hydrogen (secondary N) is 1. The zero-order valence-corrected chi connectivity index (χ0v) is 22.9. The lowest BCUT2D eigenvalue weighted by Gasteiger charge is -2.15. The Morgan fingerprint density at radius 3 is 2.55 bits per heavy atom. The molecule has 0 bridgehead atoms. The van der Waals surface area contributed by atoms with Gasteiger partial charge in [0.15, 0.2) is 11.6 Å². The van der Waals surface area contributed by atoms with Gasteiger partial charge < -0.3 is 15.4 Å². The van der Waals surface area contributed by atoms with Gasteiger partial charge in [-0.25, -0.2) is 18.3 Å². The van der Waals surface area contributed by atoms with E-state index in [0.717, 1.165) is 59.7 Å². The van der Waals surface area contributed by atoms with Crippen LogP contribution in [0, 0.1) is 25.5 Å². The number of nitrogens with two attached hydrogens (primary N) is 1. The summed E-state index contributed by atoms with van der Waals surface area (Å²) in [5.74, 6) is -0.664. The fourth-order valence-electron chi connectivity index (χ4n) is 4.77. The summed E-state index contributed by atoms with van der Waals surface area (Å²) in [6.07, 6.45) is 4.54. The normalized spacial score (nSPS) is 15.0. The summed E-state index contributed by atoms with van der Waals surface area (Å²) in [4.78, 5) is 17.9. The maximum Gasteiger partial charge on any atom is 0.317 e. The zero-order valence-electron chi connectivity index (χ0n) is 22.9. The number of aryl methyl sites for hydroxylation is 1. The monoisotopic (exact) mass is 548 g/mol. The van der Waals surface area contributed by atoms with Crippen LogP contribution in [0.2, 0.25) is 0 Å². The van der Waals surface area contributed by atoms with Gasteiger partial charge in [0, 0.05) is 43.7 Å². The zero-order chi connectivity index (χ0) is 28.6. The number of likely N-dealkylation sites (tertiary alicyclic amines) is 1. The highest BCUT2D eigenvalue weighted by Crippen LogP contribution is 2.30. The number of carbonyl (C=O) groups is 1. The van der Waals surface area contributed by atoms with Crippen molar-refractivity contribution in [1.29, 1.82) is 0 Å². The van der Waals surface area contributed by atoms with E-state index in [4.69, 9.17) is 10.5 Å². The third-order valence-electron chi connectivity index (χ3n) is 6.81. The number of hydrogen-bond acceptors (Lipinski definition) is 5. The summed E-state index contributed by atoms with van der Waals surface area (Å²) in [7, 11) is 1.68. The Morgan fingerprint density at radius 1 is 1.10 bits per heavy atom. The van der Waals surface area contributed by atoms with Crippen molar-refractivity contribution >= 4 is 11.8 Å². The van der Waals surface area contributed by atoms with E-state index in [9.17, 15) is 13.6 Å². The Morgan fingerprint density at radius 2 is 1.88 bits per heavy atom. The molecule has 2 aromatic heterocycles. The molecule has 0 spiro atoms. The van der Waals surface area contributed by atoms with Gasteiger partial charge in [0.25, 0.3) is 0 Å². The number of nitrogens with zero attached hydrogens (tertiary/aromatic N) is 4. The summed E-state index contributed by atoms with van der Waals surface area (Å²) < 4.78 is 32.7. The Labute approximate surface area is 232 Å². The molecule has 1 atom stereocenters. The van der Waals surface area contributed by atoms with Crippen molar-refractivity contribution in [2.45, 2.75) is 26.2 Å². The number of carbonyl (C=O) groups excluding carboxylic acids is 1. The molecule has 1 saturated heterocycles. The minimum atomic E-state index is -0.775. The summed E-state index contributed by atoms with van der Waals surface area (Å²) in [6, 6.07) is 15.2. The number of benzene rings is 2. The molecule has 0 radical (unpaired) electrons. The van der Waals surface area contributed by atoms with Gasteiger partial charge in [-0.1, -0.05) is 24.3 Å². The van der Waals surface area contributed by atoms with E-state index in [1.807, 2.05) is 50.2 Å². The molecular formula is C30H34F2N6O2. The number of pyridine rings is 1. The van der Waals surface area contributed by atoms with Crippen molar-refractivity contribution in [3.8, 4) is 16.9 Å². The number of ether oxygens (including phenoxy) is 1. The van der Waals surface area contributed by atoms with Gasteiger partial charge >= 0.3 is 6.03 Å². The Hall–Kier alpha value is -4.15. The molecule has 1 aliphatic rings. The molecule has 3 heterocycles. The van der Waals surface area contributed by atoms with Gasteiger partial charge in [-0.15, -0.1) is 0 Å². The van der Waals surface area contributed by atoms with Crippen LogP contribution < -0.4 is 11.1 Å². The molecule has 4 aromatic rings. The van der Waals surface area contributed by atoms with Crippen LogP contribution in [0.1, 0.15) is 29.0 Å². The number of rotatable bonds is 7. The van der Waals surface area contributed by atoms with Crippen LogP contribution in [0.3, 0.4) is 0 Å². The van der Waals surface area contributed by atoms with E-state index in [1.165, 1.54) is 12.1 Å². The quantitative estimate of drug-likeness (QED) is 0.320. The molecule has 40 heavy (non-hydrogen) atoms. The Bertz CT molecular complexity index is 1440. The van der Waals surface area contributed by atoms with Gasteiger partial charge in [0.05, 0.1) is 18.0 Å². The van der Waals surface area contributed by atoms with Crippen LogP contribution in [-0.4, -0.2) is 59.0 Å². The molecule has 1 fully saturated rings. The molecule has 0 saturated carbocycles. The minimum Gasteiger partial charge on any atom is -0.383 e. The van der Waals surface area contributed by atoms with Crippen LogP contribution in [-0.2, 0) is 4.74 Å². The molecule has 8 nitrogen and oxygen atoms in total. The Kier molecular flexibility index (Phi) is 9.57. The third kappa shape index (κ3) is 7.08. The molecule has 5 rings (SSSR count). The van der Waals surface area contributed by atoms with Crippen LogP contribution in [0.15, 0.2) is 67.0 Å². The molecular weight excluding hydrogens is 514 g/mol. The average molecular weight is 549 g/mol. The van der Waals surface area contributed by atoms with Crippen molar-refractivity contribution in [1.82, 2.24) is 19.7 Å². The van der Waals surface area contributed by atoms with Crippen LogP contribution >= 0.6 is 0 Å². The first kappa shape index (κ1) is 28.8. The number of methoxy groups -OCH3 is 1. The number of para-hydroxylation sites is 1. The lowest BCUT2D eigenvalue weighted by Crippen LogP contribution is -2.24. The first-order chi connectivity index (χ1) is 19.3. The molecule has 2 aromatic carbocycles. The molecule has 1 aliphatic heterocycles. The second kappa shape index (κ2) is 13.3. The van der Waals surface area contributed by atoms with Crippen molar-refractivity contribution in [2.24, 2.45) is 5.73 Å². The lowest BCUT2D eigenvalue weighted by atomic mass is 9.98. The fraction of sp³-hybridized carbons (Fsp3) is 0.300. The third-order valence-corrected chi connectivity index (χ3v) is 6.81. The highest BCUT2D eigenvalue weighted by molar-refractivity contribution is 5.89. The predicted octanol–water partition coefficient (Wildman–Crippen LogP) is 5.44. The summed E-state index contributed by atoms with van der Waals surface area (Å²) >= 11 is 0. The maximum atomic E-state index is 13.1. The highest BCUT2D eigenvalue weighted by Gasteiger charge is 2.24. The largest absolute Gasteiger partial charge is 0.383 e. The standard InChI is InChI=1S/C17H17N5O.C13H17F2NO/c1-11-8-13(10-19-9-11)15-12(2)16(20-17(18)23)22(21-15)14-6-4-3-5-7-14;1-17-7-6-16-5-4-11(9-16)10-2-3-12(14)13(15)8-10/h3-10H,1-2H3,(H3,18,20,23);2-3,8,11H,4-7,9H2,1H3. The van der Waals surface area contributed by atoms with E-state index in [0.29, 0.717) is 18.3 Å². The molecule has 3 N–H and O–H groups in total. The number of amides is 2. The van der Waals surface area contributed by atoms with Gasteiger partial charge in [-0.05, 0) is 74.2 Å². The van der Waals surface area contributed by atoms with Gasteiger partial charge in [-0.2, -0.15) is 5.10 Å². The molecule has 10 heteroatoms. The molecule has 0 aliphatic carbocycles. The first-order valence-corrected chi connectivity index (χ1v) is 13.1. The summed E-state index contributed by atoms with van der Waals surface area (Å²) in [6.45, 7) is 7.38. The van der Waals surface area contributed by atoms with Gasteiger partial charge in [-0.3, -0.25) is 10.3 Å². The van der Waals surface area contributed by atoms with Gasteiger partial charge in [0.1, 0.15) is 5.82 Å². The topological polar surface area (TPSA) is 98.3 Å². The van der Waals surface area contributed by atoms with Gasteiger partial charge in [0.2, 0.25) is 0 Å². The van der Waals surface area contributed by atoms with E-state index in [2.05, 4.69) is 20.3 Å². The van der Waals surface area contributed by atoms with E-state index < -0.39 is 17.7 Å². The average Bonchev–Trinajstić information content (AvgIpc) is 3.54. The summed E-state index contributed by atoms with van der Waals surface area (Å²) in [5, 5.41) is 7.31. The number of urea groups is 1. The maximum absolute atomic E-state index is 13.1. The van der Waals surface area contributed by atoms with Crippen molar-refractivity contribution in [3.05, 3.63) is 95.3 Å². The van der Waals surface area contributed by atoms with Crippen molar-refractivity contribution in [2.75, 3.05) is 38.7 Å². The number of aromatic nitrogens is 3. The fourth-order valence-corrected chi connectivity index (χ4v) is 4.77. The number of anilines is 1. The molecule has 2 amide bonds. The number of primary amides is 1. The number of hydrogen-bond donors (Lipinski definition) is 2. The molecule has 1 unspecified atom stereocenters. The van der Waals surface area contributed by atoms with E-state index in [1.54, 1.807) is 30.3 Å². The molecule has 210 valence electrons. The predicted molar refractivity (Wildman–Crippen MR) is 152 cm³/mol. The lowest BCUT2D eigenvalue weighted by molar-refractivity contribution is 0.160. The smallest absolute Gasteiger partial charge is 0.317 e. The number of halogens is 2. The van der Waals surface area contributed by atoms with Crippen molar-refractivity contribution in [3.63, 3.8) is 0 Å². The van der Waals surface area contributed by atoms with Crippen LogP contribution in [0.25, 0.3) is 16.9 Å². The summed E-state index contributed by atoms with van der Waals surface area (Å²) in [5.41, 5.74) is 10.6. The van der Waals surface area contributed by atoms with Crippen LogP contribution in [0.5, 0.6) is 0 Å². The van der Waals surface area contributed by atoms with E-state index in [-0.39, 0.29) is 0 Å². The van der Waals surface area contributed by atoms with E-state index >= 15 is 0 Å². The Balaban J connectivity index is 0.000000194. The van der Waals surface area contributed by atoms with Crippen molar-refractivity contribution < 1.29 is 18.3 Å².